The van der Waals surface area contributed by atoms with Crippen molar-refractivity contribution in [2.45, 2.75) is 24.3 Å². The van der Waals surface area contributed by atoms with Crippen LogP contribution in [0.3, 0.4) is 0 Å². The number of hydrogen-bond acceptors (Lipinski definition) is 5. The first-order valence-electron chi connectivity index (χ1n) is 6.90. The molecule has 1 fully saturated rings. The summed E-state index contributed by atoms with van der Waals surface area (Å²) in [5.41, 5.74) is -0.0396. The number of carboxylic acid groups (broad SMARTS) is 1. The summed E-state index contributed by atoms with van der Waals surface area (Å²) >= 11 is 0. The summed E-state index contributed by atoms with van der Waals surface area (Å²) in [5, 5.41) is 8.59. The minimum absolute atomic E-state index is 0.0396. The van der Waals surface area contributed by atoms with Crippen molar-refractivity contribution in [3.05, 3.63) is 23.9 Å². The fourth-order valence-corrected chi connectivity index (χ4v) is 3.21. The standard InChI is InChI=1S/C13H19N3O4S/c17-13(18)11-4-5-12(14-10-11)21(19,20)15-6-9-16-7-2-1-3-8-16/h4-5,10,15H,1-3,6-9H2,(H,17,18). The normalized spacial score (nSPS) is 16.8. The van der Waals surface area contributed by atoms with Crippen molar-refractivity contribution in [1.82, 2.24) is 14.6 Å². The summed E-state index contributed by atoms with van der Waals surface area (Å²) in [6.45, 7) is 3.01. The van der Waals surface area contributed by atoms with Crippen LogP contribution in [0.1, 0.15) is 29.6 Å². The number of hydrogen-bond donors (Lipinski definition) is 2. The molecular formula is C13H19N3O4S. The van der Waals surface area contributed by atoms with Gasteiger partial charge >= 0.3 is 5.97 Å². The fraction of sp³-hybridized carbons (Fsp3) is 0.538. The third-order valence-corrected chi connectivity index (χ3v) is 4.80. The maximum absolute atomic E-state index is 12.0. The van der Waals surface area contributed by atoms with Crippen LogP contribution >= 0.6 is 0 Å². The molecule has 0 unspecified atom stereocenters. The fourth-order valence-electron chi connectivity index (χ4n) is 2.26. The highest BCUT2D eigenvalue weighted by Gasteiger charge is 2.17. The lowest BCUT2D eigenvalue weighted by atomic mass is 10.1. The Balaban J connectivity index is 1.90. The smallest absolute Gasteiger partial charge is 0.337 e. The number of carboxylic acids is 1. The van der Waals surface area contributed by atoms with Crippen LogP contribution < -0.4 is 4.72 Å². The number of piperidine rings is 1. The molecule has 0 saturated carbocycles. The van der Waals surface area contributed by atoms with Gasteiger partial charge in [-0.3, -0.25) is 0 Å². The SMILES string of the molecule is O=C(O)c1ccc(S(=O)(=O)NCCN2CCCCC2)nc1. The van der Waals surface area contributed by atoms with E-state index in [4.69, 9.17) is 5.11 Å². The van der Waals surface area contributed by atoms with Gasteiger partial charge in [0.15, 0.2) is 5.03 Å². The van der Waals surface area contributed by atoms with Crippen molar-refractivity contribution < 1.29 is 18.3 Å². The van der Waals surface area contributed by atoms with E-state index in [1.165, 1.54) is 18.6 Å². The van der Waals surface area contributed by atoms with Gasteiger partial charge in [-0.1, -0.05) is 6.42 Å². The zero-order valence-electron chi connectivity index (χ0n) is 11.7. The quantitative estimate of drug-likeness (QED) is 0.795. The van der Waals surface area contributed by atoms with Crippen molar-refractivity contribution in [3.63, 3.8) is 0 Å². The lowest BCUT2D eigenvalue weighted by molar-refractivity contribution is 0.0696. The number of carbonyl (C=O) groups is 1. The van der Waals surface area contributed by atoms with E-state index in [-0.39, 0.29) is 10.6 Å². The molecule has 2 rings (SSSR count). The van der Waals surface area contributed by atoms with Gasteiger partial charge in [-0.15, -0.1) is 0 Å². The van der Waals surface area contributed by atoms with Crippen molar-refractivity contribution in [1.29, 1.82) is 0 Å². The number of nitrogens with one attached hydrogen (secondary N) is 1. The Hall–Kier alpha value is -1.51. The Morgan fingerprint density at radius 1 is 1.29 bits per heavy atom. The van der Waals surface area contributed by atoms with Crippen molar-refractivity contribution in [3.8, 4) is 0 Å². The predicted molar refractivity (Wildman–Crippen MR) is 76.7 cm³/mol. The monoisotopic (exact) mass is 313 g/mol. The van der Waals surface area contributed by atoms with E-state index in [1.807, 2.05) is 0 Å². The Labute approximate surface area is 124 Å². The Morgan fingerprint density at radius 3 is 2.57 bits per heavy atom. The minimum atomic E-state index is -3.68. The number of pyridine rings is 1. The molecule has 1 aromatic heterocycles. The molecule has 1 aromatic rings. The molecule has 0 aromatic carbocycles. The van der Waals surface area contributed by atoms with Crippen LogP contribution in [0.2, 0.25) is 0 Å². The van der Waals surface area contributed by atoms with E-state index in [0.29, 0.717) is 13.1 Å². The van der Waals surface area contributed by atoms with E-state index >= 15 is 0 Å². The molecule has 0 radical (unpaired) electrons. The largest absolute Gasteiger partial charge is 0.478 e. The molecule has 1 aliphatic rings. The molecule has 1 aliphatic heterocycles. The van der Waals surface area contributed by atoms with Gasteiger partial charge in [0, 0.05) is 19.3 Å². The second kappa shape index (κ2) is 6.97. The van der Waals surface area contributed by atoms with Gasteiger partial charge in [0.1, 0.15) is 0 Å². The first kappa shape index (κ1) is 15.9. The molecule has 116 valence electrons. The van der Waals surface area contributed by atoms with Gasteiger partial charge in [0.2, 0.25) is 0 Å². The number of likely N-dealkylation sites (tertiary alicyclic amines) is 1. The molecule has 0 bridgehead atoms. The lowest BCUT2D eigenvalue weighted by Crippen LogP contribution is -2.37. The molecule has 7 nitrogen and oxygen atoms in total. The average molecular weight is 313 g/mol. The van der Waals surface area contributed by atoms with Gasteiger partial charge in [-0.25, -0.2) is 22.9 Å². The minimum Gasteiger partial charge on any atom is -0.478 e. The molecular weight excluding hydrogens is 294 g/mol. The van der Waals surface area contributed by atoms with Crippen LogP contribution in [-0.4, -0.2) is 55.6 Å². The highest BCUT2D eigenvalue weighted by atomic mass is 32.2. The van der Waals surface area contributed by atoms with E-state index in [2.05, 4.69) is 14.6 Å². The van der Waals surface area contributed by atoms with Crippen molar-refractivity contribution >= 4 is 16.0 Å². The van der Waals surface area contributed by atoms with Crippen molar-refractivity contribution in [2.24, 2.45) is 0 Å². The van der Waals surface area contributed by atoms with Gasteiger partial charge < -0.3 is 10.0 Å². The van der Waals surface area contributed by atoms with E-state index in [1.54, 1.807) is 0 Å². The maximum Gasteiger partial charge on any atom is 0.337 e. The first-order chi connectivity index (χ1) is 9.99. The molecule has 0 amide bonds. The van der Waals surface area contributed by atoms with Gasteiger partial charge in [-0.05, 0) is 38.1 Å². The lowest BCUT2D eigenvalue weighted by Gasteiger charge is -2.26. The molecule has 0 aliphatic carbocycles. The Bertz CT molecular complexity index is 580. The molecule has 8 heteroatoms. The third-order valence-electron chi connectivity index (χ3n) is 3.43. The second-order valence-corrected chi connectivity index (χ2v) is 6.70. The Kier molecular flexibility index (Phi) is 5.27. The average Bonchev–Trinajstić information content (AvgIpc) is 2.48. The summed E-state index contributed by atoms with van der Waals surface area (Å²) in [6, 6.07) is 2.43. The third kappa shape index (κ3) is 4.48. The molecule has 2 heterocycles. The second-order valence-electron chi connectivity index (χ2n) is 4.99. The van der Waals surface area contributed by atoms with Crippen LogP contribution in [0.4, 0.5) is 0 Å². The van der Waals surface area contributed by atoms with Gasteiger partial charge in [0.05, 0.1) is 5.56 Å². The Morgan fingerprint density at radius 2 is 2.00 bits per heavy atom. The number of aromatic nitrogens is 1. The molecule has 21 heavy (non-hydrogen) atoms. The summed E-state index contributed by atoms with van der Waals surface area (Å²) in [4.78, 5) is 16.6. The zero-order chi connectivity index (χ0) is 15.3. The number of sulfonamides is 1. The van der Waals surface area contributed by atoms with Crippen LogP contribution in [0.5, 0.6) is 0 Å². The number of aromatic carboxylic acids is 1. The van der Waals surface area contributed by atoms with Crippen molar-refractivity contribution in [2.75, 3.05) is 26.2 Å². The summed E-state index contributed by atoms with van der Waals surface area (Å²) in [7, 11) is -3.68. The zero-order valence-corrected chi connectivity index (χ0v) is 12.5. The van der Waals surface area contributed by atoms with E-state index in [0.717, 1.165) is 32.1 Å². The maximum atomic E-state index is 12.0. The highest BCUT2D eigenvalue weighted by Crippen LogP contribution is 2.09. The number of nitrogens with zero attached hydrogens (tertiary/aromatic N) is 2. The summed E-state index contributed by atoms with van der Waals surface area (Å²) in [6.07, 6.45) is 4.60. The number of rotatable bonds is 6. The van der Waals surface area contributed by atoms with Gasteiger partial charge in [-0.2, -0.15) is 0 Å². The highest BCUT2D eigenvalue weighted by molar-refractivity contribution is 7.89. The van der Waals surface area contributed by atoms with Crippen LogP contribution in [0, 0.1) is 0 Å². The van der Waals surface area contributed by atoms with Crippen LogP contribution in [0.15, 0.2) is 23.4 Å². The molecule has 1 saturated heterocycles. The molecule has 0 atom stereocenters. The summed E-state index contributed by atoms with van der Waals surface area (Å²) < 4.78 is 26.5. The van der Waals surface area contributed by atoms with E-state index in [9.17, 15) is 13.2 Å². The van der Waals surface area contributed by atoms with Crippen LogP contribution in [-0.2, 0) is 10.0 Å². The predicted octanol–water partition coefficient (Wildman–Crippen LogP) is 0.544. The topological polar surface area (TPSA) is 99.6 Å². The molecule has 0 spiro atoms. The first-order valence-corrected chi connectivity index (χ1v) is 8.39. The van der Waals surface area contributed by atoms with E-state index < -0.39 is 16.0 Å². The summed E-state index contributed by atoms with van der Waals surface area (Å²) in [5.74, 6) is -1.13. The van der Waals surface area contributed by atoms with Gasteiger partial charge in [0.25, 0.3) is 10.0 Å². The van der Waals surface area contributed by atoms with Crippen LogP contribution in [0.25, 0.3) is 0 Å². The molecule has 2 N–H and O–H groups in total.